The van der Waals surface area contributed by atoms with Gasteiger partial charge in [-0.15, -0.1) is 0 Å². The average molecular weight is 332 g/mol. The van der Waals surface area contributed by atoms with E-state index in [9.17, 15) is 9.59 Å². The quantitative estimate of drug-likeness (QED) is 0.805. The number of aliphatic carboxylic acids is 1. The number of carboxylic acids is 1. The van der Waals surface area contributed by atoms with Gasteiger partial charge in [0.1, 0.15) is 5.75 Å². The molecule has 5 nitrogen and oxygen atoms in total. The van der Waals surface area contributed by atoms with Crippen molar-refractivity contribution in [3.63, 3.8) is 0 Å². The van der Waals surface area contributed by atoms with Crippen LogP contribution in [0.5, 0.6) is 5.75 Å². The third-order valence-corrected chi connectivity index (χ3v) is 3.93. The summed E-state index contributed by atoms with van der Waals surface area (Å²) in [6.45, 7) is -0.194. The number of ether oxygens (including phenoxy) is 1. The van der Waals surface area contributed by atoms with Gasteiger partial charge in [0.15, 0.2) is 6.61 Å². The maximum atomic E-state index is 11.8. The first-order chi connectivity index (χ1) is 9.95. The van der Waals surface area contributed by atoms with Gasteiger partial charge in [-0.2, -0.15) is 0 Å². The normalized spacial score (nSPS) is 15.3. The van der Waals surface area contributed by atoms with Gasteiger partial charge in [0.2, 0.25) is 0 Å². The van der Waals surface area contributed by atoms with Crippen LogP contribution in [0.1, 0.15) is 19.3 Å². The van der Waals surface area contributed by atoms with E-state index < -0.39 is 5.97 Å². The molecule has 2 N–H and O–H groups in total. The number of rotatable bonds is 7. The fourth-order valence-corrected chi connectivity index (χ4v) is 2.27. The zero-order valence-corrected chi connectivity index (χ0v) is 12.7. The summed E-state index contributed by atoms with van der Waals surface area (Å²) in [4.78, 5) is 22.6. The molecule has 1 aromatic carbocycles. The Morgan fingerprint density at radius 2 is 2.05 bits per heavy atom. The summed E-state index contributed by atoms with van der Waals surface area (Å²) >= 11 is 11.6. The lowest BCUT2D eigenvalue weighted by molar-refractivity contribution is -0.138. The molecule has 1 fully saturated rings. The van der Waals surface area contributed by atoms with Crippen molar-refractivity contribution in [3.05, 3.63) is 28.2 Å². The van der Waals surface area contributed by atoms with E-state index in [-0.39, 0.29) is 30.9 Å². The average Bonchev–Trinajstić information content (AvgIpc) is 3.23. The molecule has 1 unspecified atom stereocenters. The van der Waals surface area contributed by atoms with E-state index in [0.29, 0.717) is 15.8 Å². The van der Waals surface area contributed by atoms with Crippen molar-refractivity contribution < 1.29 is 19.4 Å². The molecule has 2 rings (SSSR count). The van der Waals surface area contributed by atoms with E-state index in [1.165, 1.54) is 6.07 Å². The minimum Gasteiger partial charge on any atom is -0.484 e. The van der Waals surface area contributed by atoms with Gasteiger partial charge in [0.25, 0.3) is 5.91 Å². The monoisotopic (exact) mass is 331 g/mol. The van der Waals surface area contributed by atoms with Gasteiger partial charge in [0.05, 0.1) is 16.5 Å². The number of carboxylic acid groups (broad SMARTS) is 1. The second kappa shape index (κ2) is 7.00. The lowest BCUT2D eigenvalue weighted by Crippen LogP contribution is -2.40. The van der Waals surface area contributed by atoms with Crippen LogP contribution >= 0.6 is 23.2 Å². The number of hydrogen-bond donors (Lipinski definition) is 2. The van der Waals surface area contributed by atoms with Gasteiger partial charge >= 0.3 is 5.97 Å². The summed E-state index contributed by atoms with van der Waals surface area (Å²) in [5.74, 6) is -0.576. The van der Waals surface area contributed by atoms with Gasteiger partial charge in [0, 0.05) is 12.1 Å². The van der Waals surface area contributed by atoms with Crippen molar-refractivity contribution in [1.82, 2.24) is 5.32 Å². The second-order valence-electron chi connectivity index (χ2n) is 4.97. The molecule has 1 saturated carbocycles. The van der Waals surface area contributed by atoms with Crippen molar-refractivity contribution in [2.45, 2.75) is 25.3 Å². The highest BCUT2D eigenvalue weighted by atomic mass is 35.5. The number of carbonyl (C=O) groups is 2. The lowest BCUT2D eigenvalue weighted by Gasteiger charge is -2.16. The molecule has 0 aromatic heterocycles. The molecule has 0 saturated heterocycles. The number of carbonyl (C=O) groups excluding carboxylic acids is 1. The molecular formula is C14H15Cl2NO4. The summed E-state index contributed by atoms with van der Waals surface area (Å²) < 4.78 is 5.31. The zero-order chi connectivity index (χ0) is 15.4. The zero-order valence-electron chi connectivity index (χ0n) is 11.1. The summed E-state index contributed by atoms with van der Waals surface area (Å²) in [6.07, 6.45) is 1.83. The van der Waals surface area contributed by atoms with E-state index in [1.807, 2.05) is 0 Å². The van der Waals surface area contributed by atoms with E-state index in [0.717, 1.165) is 12.8 Å². The number of hydrogen-bond acceptors (Lipinski definition) is 3. The number of nitrogens with one attached hydrogen (secondary N) is 1. The van der Waals surface area contributed by atoms with Crippen molar-refractivity contribution >= 4 is 35.1 Å². The Labute approximate surface area is 132 Å². The Morgan fingerprint density at radius 1 is 1.33 bits per heavy atom. The van der Waals surface area contributed by atoms with Crippen molar-refractivity contribution in [2.75, 3.05) is 6.61 Å². The highest BCUT2D eigenvalue weighted by molar-refractivity contribution is 6.42. The fourth-order valence-electron chi connectivity index (χ4n) is 1.99. The molecule has 0 aliphatic heterocycles. The van der Waals surface area contributed by atoms with Crippen LogP contribution in [0.4, 0.5) is 0 Å². The van der Waals surface area contributed by atoms with Crippen LogP contribution in [-0.4, -0.2) is 29.6 Å². The molecule has 0 bridgehead atoms. The van der Waals surface area contributed by atoms with Crippen LogP contribution in [-0.2, 0) is 9.59 Å². The Morgan fingerprint density at radius 3 is 2.62 bits per heavy atom. The topological polar surface area (TPSA) is 75.6 Å². The first-order valence-electron chi connectivity index (χ1n) is 6.54. The summed E-state index contributed by atoms with van der Waals surface area (Å²) in [6, 6.07) is 4.38. The molecule has 1 aromatic rings. The Balaban J connectivity index is 1.83. The smallest absolute Gasteiger partial charge is 0.305 e. The first kappa shape index (κ1) is 15.9. The molecule has 1 atom stereocenters. The van der Waals surface area contributed by atoms with Crippen LogP contribution in [0.15, 0.2) is 18.2 Å². The third-order valence-electron chi connectivity index (χ3n) is 3.19. The molecular weight excluding hydrogens is 317 g/mol. The number of halogens is 2. The van der Waals surface area contributed by atoms with E-state index >= 15 is 0 Å². The Kier molecular flexibility index (Phi) is 5.31. The molecule has 0 radical (unpaired) electrons. The van der Waals surface area contributed by atoms with Crippen molar-refractivity contribution in [1.29, 1.82) is 0 Å². The SMILES string of the molecule is O=C(O)CC(NC(=O)COc1ccc(Cl)c(Cl)c1)C1CC1. The van der Waals surface area contributed by atoms with Crippen LogP contribution < -0.4 is 10.1 Å². The van der Waals surface area contributed by atoms with Crippen LogP contribution in [0, 0.1) is 5.92 Å². The van der Waals surface area contributed by atoms with E-state index in [1.54, 1.807) is 12.1 Å². The van der Waals surface area contributed by atoms with Gasteiger partial charge in [-0.25, -0.2) is 0 Å². The predicted octanol–water partition coefficient (Wildman–Crippen LogP) is 2.74. The minimum atomic E-state index is -0.919. The fraction of sp³-hybridized carbons (Fsp3) is 0.429. The maximum Gasteiger partial charge on any atom is 0.305 e. The standard InChI is InChI=1S/C14H15Cl2NO4/c15-10-4-3-9(5-11(10)16)21-7-13(18)17-12(6-14(19)20)8-1-2-8/h3-5,8,12H,1-2,6-7H2,(H,17,18)(H,19,20). The summed E-state index contributed by atoms with van der Waals surface area (Å²) in [7, 11) is 0. The van der Waals surface area contributed by atoms with E-state index in [4.69, 9.17) is 33.0 Å². The molecule has 1 amide bonds. The Hall–Kier alpha value is -1.46. The lowest BCUT2D eigenvalue weighted by atomic mass is 10.1. The second-order valence-corrected chi connectivity index (χ2v) is 5.79. The number of amides is 1. The number of benzene rings is 1. The van der Waals surface area contributed by atoms with Gasteiger partial charge in [-0.3, -0.25) is 9.59 Å². The molecule has 21 heavy (non-hydrogen) atoms. The van der Waals surface area contributed by atoms with Crippen LogP contribution in [0.3, 0.4) is 0 Å². The summed E-state index contributed by atoms with van der Waals surface area (Å²) in [5, 5.41) is 12.3. The third kappa shape index (κ3) is 5.10. The highest BCUT2D eigenvalue weighted by Crippen LogP contribution is 2.34. The van der Waals surface area contributed by atoms with Crippen LogP contribution in [0.25, 0.3) is 0 Å². The van der Waals surface area contributed by atoms with Gasteiger partial charge in [-0.1, -0.05) is 23.2 Å². The molecule has 114 valence electrons. The van der Waals surface area contributed by atoms with Gasteiger partial charge < -0.3 is 15.2 Å². The minimum absolute atomic E-state index is 0.0663. The predicted molar refractivity (Wildman–Crippen MR) is 78.9 cm³/mol. The molecule has 7 heteroatoms. The molecule has 0 spiro atoms. The summed E-state index contributed by atoms with van der Waals surface area (Å²) in [5.41, 5.74) is 0. The molecule has 0 heterocycles. The Bertz CT molecular complexity index is 546. The molecule has 1 aliphatic rings. The van der Waals surface area contributed by atoms with E-state index in [2.05, 4.69) is 5.32 Å². The first-order valence-corrected chi connectivity index (χ1v) is 7.30. The largest absolute Gasteiger partial charge is 0.484 e. The maximum absolute atomic E-state index is 11.8. The van der Waals surface area contributed by atoms with Crippen molar-refractivity contribution in [3.8, 4) is 5.75 Å². The van der Waals surface area contributed by atoms with Crippen molar-refractivity contribution in [2.24, 2.45) is 5.92 Å². The van der Waals surface area contributed by atoms with Crippen LogP contribution in [0.2, 0.25) is 10.0 Å². The van der Waals surface area contributed by atoms with Gasteiger partial charge in [-0.05, 0) is 30.9 Å². The highest BCUT2D eigenvalue weighted by Gasteiger charge is 2.33. The molecule has 1 aliphatic carbocycles.